The number of aliphatic hydroxyl groups is 1. The minimum atomic E-state index is -0.665. The van der Waals surface area contributed by atoms with Crippen molar-refractivity contribution >= 4 is 6.29 Å². The van der Waals surface area contributed by atoms with Gasteiger partial charge in [-0.2, -0.15) is 0 Å². The van der Waals surface area contributed by atoms with Crippen LogP contribution in [0.15, 0.2) is 0 Å². The van der Waals surface area contributed by atoms with E-state index in [1.54, 1.807) is 0 Å². The van der Waals surface area contributed by atoms with Gasteiger partial charge in [-0.1, -0.05) is 6.92 Å². The smallest absolute Gasteiger partial charge is 0.122 e. The van der Waals surface area contributed by atoms with Crippen molar-refractivity contribution in [2.75, 3.05) is 0 Å². The van der Waals surface area contributed by atoms with Crippen LogP contribution in [0.1, 0.15) is 32.6 Å². The van der Waals surface area contributed by atoms with E-state index in [1.165, 1.54) is 0 Å². The lowest BCUT2D eigenvalue weighted by atomic mass is 9.92. The van der Waals surface area contributed by atoms with Gasteiger partial charge in [0, 0.05) is 6.42 Å². The molecule has 2 heteroatoms. The summed E-state index contributed by atoms with van der Waals surface area (Å²) in [6.45, 7) is 1.93. The van der Waals surface area contributed by atoms with Crippen LogP contribution in [0, 0.1) is 5.92 Å². The third kappa shape index (κ3) is 1.37. The average Bonchev–Trinajstić information content (AvgIpc) is 2.69. The molecule has 0 aliphatic heterocycles. The molecular formula is C8H14O2. The highest BCUT2D eigenvalue weighted by atomic mass is 16.3. The molecule has 0 aromatic heterocycles. The van der Waals surface area contributed by atoms with Crippen molar-refractivity contribution in [3.8, 4) is 0 Å². The Kier molecular flexibility index (Phi) is 2.09. The van der Waals surface area contributed by atoms with Crippen molar-refractivity contribution < 1.29 is 9.90 Å². The monoisotopic (exact) mass is 142 g/mol. The third-order valence-electron chi connectivity index (χ3n) is 2.39. The van der Waals surface area contributed by atoms with Crippen LogP contribution in [-0.2, 0) is 4.79 Å². The van der Waals surface area contributed by atoms with Crippen molar-refractivity contribution in [2.45, 2.75) is 38.2 Å². The number of carbonyl (C=O) groups is 1. The van der Waals surface area contributed by atoms with E-state index < -0.39 is 5.60 Å². The van der Waals surface area contributed by atoms with Crippen molar-refractivity contribution in [3.05, 3.63) is 0 Å². The number of rotatable bonds is 4. The maximum atomic E-state index is 10.2. The summed E-state index contributed by atoms with van der Waals surface area (Å²) in [4.78, 5) is 10.2. The lowest BCUT2D eigenvalue weighted by Gasteiger charge is -2.23. The van der Waals surface area contributed by atoms with Crippen LogP contribution in [0.25, 0.3) is 0 Å². The molecule has 1 fully saturated rings. The van der Waals surface area contributed by atoms with Gasteiger partial charge < -0.3 is 9.90 Å². The predicted octanol–water partition coefficient (Wildman–Crippen LogP) is 1.13. The molecule has 0 bridgehead atoms. The fourth-order valence-electron chi connectivity index (χ4n) is 1.36. The standard InChI is InChI=1S/C8H14O2/c1-2-8(10,5-6-9)7-3-4-7/h6-7,10H,2-5H2,1H3. The van der Waals surface area contributed by atoms with E-state index in [-0.39, 0.29) is 0 Å². The molecular weight excluding hydrogens is 128 g/mol. The first-order valence-corrected chi connectivity index (χ1v) is 3.89. The van der Waals surface area contributed by atoms with E-state index >= 15 is 0 Å². The van der Waals surface area contributed by atoms with Crippen molar-refractivity contribution in [1.29, 1.82) is 0 Å². The summed E-state index contributed by atoms with van der Waals surface area (Å²) in [5.41, 5.74) is -0.665. The van der Waals surface area contributed by atoms with Gasteiger partial charge in [0.25, 0.3) is 0 Å². The van der Waals surface area contributed by atoms with Crippen LogP contribution < -0.4 is 0 Å². The molecule has 0 saturated heterocycles. The fraction of sp³-hybridized carbons (Fsp3) is 0.875. The zero-order valence-corrected chi connectivity index (χ0v) is 6.34. The topological polar surface area (TPSA) is 37.3 Å². The molecule has 1 rings (SSSR count). The van der Waals surface area contributed by atoms with Gasteiger partial charge in [-0.15, -0.1) is 0 Å². The Hall–Kier alpha value is -0.370. The molecule has 1 atom stereocenters. The van der Waals surface area contributed by atoms with E-state index in [4.69, 9.17) is 0 Å². The van der Waals surface area contributed by atoms with Crippen LogP contribution in [0.2, 0.25) is 0 Å². The first-order chi connectivity index (χ1) is 4.73. The summed E-state index contributed by atoms with van der Waals surface area (Å²) in [6, 6.07) is 0. The van der Waals surface area contributed by atoms with Crippen molar-refractivity contribution in [2.24, 2.45) is 5.92 Å². The molecule has 0 aromatic rings. The van der Waals surface area contributed by atoms with Gasteiger partial charge in [0.05, 0.1) is 5.60 Å². The Bertz CT molecular complexity index is 129. The molecule has 1 N–H and O–H groups in total. The second-order valence-electron chi connectivity index (χ2n) is 3.10. The van der Waals surface area contributed by atoms with E-state index in [1.807, 2.05) is 6.92 Å². The Morgan fingerprint density at radius 3 is 2.60 bits per heavy atom. The average molecular weight is 142 g/mol. The van der Waals surface area contributed by atoms with Crippen LogP contribution in [0.5, 0.6) is 0 Å². The first-order valence-electron chi connectivity index (χ1n) is 3.89. The van der Waals surface area contributed by atoms with Crippen LogP contribution >= 0.6 is 0 Å². The van der Waals surface area contributed by atoms with E-state index in [2.05, 4.69) is 0 Å². The maximum absolute atomic E-state index is 10.2. The fourth-order valence-corrected chi connectivity index (χ4v) is 1.36. The minimum absolute atomic E-state index is 0.314. The molecule has 0 aromatic carbocycles. The molecule has 1 unspecified atom stereocenters. The molecule has 0 radical (unpaired) electrons. The highest BCUT2D eigenvalue weighted by Crippen LogP contribution is 2.42. The zero-order chi connectivity index (χ0) is 7.61. The van der Waals surface area contributed by atoms with Crippen LogP contribution in [-0.4, -0.2) is 17.0 Å². The molecule has 58 valence electrons. The second kappa shape index (κ2) is 2.70. The molecule has 1 saturated carbocycles. The highest BCUT2D eigenvalue weighted by Gasteiger charge is 2.41. The quantitative estimate of drug-likeness (QED) is 0.597. The zero-order valence-electron chi connectivity index (χ0n) is 6.34. The molecule has 1 aliphatic rings. The largest absolute Gasteiger partial charge is 0.389 e. The lowest BCUT2D eigenvalue weighted by Crippen LogP contribution is -2.30. The first kappa shape index (κ1) is 7.73. The van der Waals surface area contributed by atoms with Gasteiger partial charge in [0.2, 0.25) is 0 Å². The normalized spacial score (nSPS) is 23.8. The van der Waals surface area contributed by atoms with Crippen LogP contribution in [0.4, 0.5) is 0 Å². The molecule has 2 nitrogen and oxygen atoms in total. The SMILES string of the molecule is CCC(O)(CC=O)C1CC1. The Morgan fingerprint density at radius 1 is 1.70 bits per heavy atom. The number of aldehydes is 1. The van der Waals surface area contributed by atoms with Gasteiger partial charge in [0.15, 0.2) is 0 Å². The number of hydrogen-bond acceptors (Lipinski definition) is 2. The van der Waals surface area contributed by atoms with Gasteiger partial charge in [0.1, 0.15) is 6.29 Å². The number of hydrogen-bond donors (Lipinski definition) is 1. The molecule has 1 aliphatic carbocycles. The Morgan fingerprint density at radius 2 is 2.30 bits per heavy atom. The molecule has 0 amide bonds. The van der Waals surface area contributed by atoms with Gasteiger partial charge in [-0.05, 0) is 25.2 Å². The lowest BCUT2D eigenvalue weighted by molar-refractivity contribution is -0.113. The molecule has 0 heterocycles. The summed E-state index contributed by atoms with van der Waals surface area (Å²) in [5.74, 6) is 0.405. The van der Waals surface area contributed by atoms with Gasteiger partial charge in [-0.25, -0.2) is 0 Å². The molecule has 10 heavy (non-hydrogen) atoms. The third-order valence-corrected chi connectivity index (χ3v) is 2.39. The van der Waals surface area contributed by atoms with E-state index in [9.17, 15) is 9.90 Å². The summed E-state index contributed by atoms with van der Waals surface area (Å²) in [7, 11) is 0. The molecule has 0 spiro atoms. The van der Waals surface area contributed by atoms with E-state index in [0.717, 1.165) is 19.1 Å². The summed E-state index contributed by atoms with van der Waals surface area (Å²) >= 11 is 0. The van der Waals surface area contributed by atoms with Gasteiger partial charge in [-0.3, -0.25) is 0 Å². The van der Waals surface area contributed by atoms with Crippen molar-refractivity contribution in [3.63, 3.8) is 0 Å². The Labute approximate surface area is 61.2 Å². The predicted molar refractivity (Wildman–Crippen MR) is 38.6 cm³/mol. The maximum Gasteiger partial charge on any atom is 0.122 e. The number of carbonyl (C=O) groups excluding carboxylic acids is 1. The van der Waals surface area contributed by atoms with Crippen molar-refractivity contribution in [1.82, 2.24) is 0 Å². The Balaban J connectivity index is 2.46. The van der Waals surface area contributed by atoms with Gasteiger partial charge >= 0.3 is 0 Å². The van der Waals surface area contributed by atoms with Crippen LogP contribution in [0.3, 0.4) is 0 Å². The summed E-state index contributed by atoms with van der Waals surface area (Å²) in [5, 5.41) is 9.73. The second-order valence-corrected chi connectivity index (χ2v) is 3.10. The highest BCUT2D eigenvalue weighted by molar-refractivity contribution is 5.51. The summed E-state index contributed by atoms with van der Waals surface area (Å²) < 4.78 is 0. The van der Waals surface area contributed by atoms with E-state index in [0.29, 0.717) is 18.8 Å². The summed E-state index contributed by atoms with van der Waals surface area (Å²) in [6.07, 6.45) is 4.03. The minimum Gasteiger partial charge on any atom is -0.389 e.